The smallest absolute Gasteiger partial charge is 0.243 e. The lowest BCUT2D eigenvalue weighted by Crippen LogP contribution is -2.32. The molecule has 0 aromatic heterocycles. The van der Waals surface area contributed by atoms with Crippen LogP contribution in [0.5, 0.6) is 0 Å². The maximum Gasteiger partial charge on any atom is 0.243 e. The molecular weight excluding hydrogens is 326 g/mol. The molecule has 1 fully saturated rings. The van der Waals surface area contributed by atoms with Crippen molar-refractivity contribution in [3.63, 3.8) is 0 Å². The molecule has 0 radical (unpaired) electrons. The molecule has 2 amide bonds. The normalized spacial score (nSPS) is 16.8. The molecule has 1 atom stereocenters. The Morgan fingerprint density at radius 2 is 2.00 bits per heavy atom. The van der Waals surface area contributed by atoms with Crippen LogP contribution in [0.25, 0.3) is 0 Å². The van der Waals surface area contributed by atoms with Gasteiger partial charge in [0, 0.05) is 17.1 Å². The number of rotatable bonds is 4. The van der Waals surface area contributed by atoms with Crippen molar-refractivity contribution >= 4 is 34.8 Å². The minimum Gasteiger partial charge on any atom is -0.326 e. The number of carbonyl (C=O) groups excluding carboxylic acids is 2. The number of hydrogen-bond donors (Lipinski definition) is 2. The number of hydrazine groups is 1. The highest BCUT2D eigenvalue weighted by Crippen LogP contribution is 2.24. The fourth-order valence-electron chi connectivity index (χ4n) is 2.68. The first kappa shape index (κ1) is 16.3. The van der Waals surface area contributed by atoms with Crippen molar-refractivity contribution in [2.75, 3.05) is 16.9 Å². The van der Waals surface area contributed by atoms with E-state index in [0.717, 1.165) is 11.3 Å². The highest BCUT2D eigenvalue weighted by molar-refractivity contribution is 6.31. The fraction of sp³-hybridized carbons (Fsp3) is 0.222. The molecule has 24 heavy (non-hydrogen) atoms. The molecule has 1 heterocycles. The molecular formula is C18H18ClN3O2. The van der Waals surface area contributed by atoms with Crippen molar-refractivity contribution < 1.29 is 9.59 Å². The number of carbonyl (C=O) groups is 2. The number of amides is 2. The summed E-state index contributed by atoms with van der Waals surface area (Å²) in [6, 6.07) is 14.9. The first-order chi connectivity index (χ1) is 11.5. The number of halogens is 1. The van der Waals surface area contributed by atoms with Crippen LogP contribution < -0.4 is 15.8 Å². The van der Waals surface area contributed by atoms with Gasteiger partial charge < -0.3 is 5.32 Å². The van der Waals surface area contributed by atoms with Gasteiger partial charge in [0.2, 0.25) is 11.8 Å². The molecule has 2 aromatic rings. The molecule has 0 spiro atoms. The van der Waals surface area contributed by atoms with Gasteiger partial charge in [-0.15, -0.1) is 0 Å². The topological polar surface area (TPSA) is 61.4 Å². The van der Waals surface area contributed by atoms with E-state index in [-0.39, 0.29) is 24.2 Å². The van der Waals surface area contributed by atoms with E-state index in [1.54, 1.807) is 23.2 Å². The van der Waals surface area contributed by atoms with Crippen molar-refractivity contribution in [1.82, 2.24) is 5.43 Å². The first-order valence-electron chi connectivity index (χ1n) is 7.72. The Morgan fingerprint density at radius 1 is 1.25 bits per heavy atom. The summed E-state index contributed by atoms with van der Waals surface area (Å²) in [5.41, 5.74) is 5.19. The van der Waals surface area contributed by atoms with Gasteiger partial charge >= 0.3 is 0 Å². The molecule has 6 heteroatoms. The summed E-state index contributed by atoms with van der Waals surface area (Å²) >= 11 is 6.06. The van der Waals surface area contributed by atoms with Crippen LogP contribution in [0.15, 0.2) is 48.5 Å². The summed E-state index contributed by atoms with van der Waals surface area (Å²) in [5, 5.41) is 5.20. The van der Waals surface area contributed by atoms with E-state index >= 15 is 0 Å². The molecule has 124 valence electrons. The average Bonchev–Trinajstić information content (AvgIpc) is 2.93. The maximum absolute atomic E-state index is 12.3. The summed E-state index contributed by atoms with van der Waals surface area (Å²) in [6.07, 6.45) is 0.126. The summed E-state index contributed by atoms with van der Waals surface area (Å²) in [4.78, 5) is 24.4. The Morgan fingerprint density at radius 3 is 2.75 bits per heavy atom. The van der Waals surface area contributed by atoms with E-state index in [1.165, 1.54) is 0 Å². The van der Waals surface area contributed by atoms with Gasteiger partial charge in [-0.25, -0.2) is 0 Å². The summed E-state index contributed by atoms with van der Waals surface area (Å²) in [5.74, 6) is -0.725. The predicted octanol–water partition coefficient (Wildman–Crippen LogP) is 3.14. The third kappa shape index (κ3) is 3.51. The number of nitrogens with one attached hydrogen (secondary N) is 2. The van der Waals surface area contributed by atoms with Crippen LogP contribution >= 0.6 is 11.6 Å². The van der Waals surface area contributed by atoms with Crippen LogP contribution in [0.1, 0.15) is 12.0 Å². The number of benzene rings is 2. The standard InChI is InChI=1S/C18H18ClN3O2/c1-12-15(19)8-5-9-16(12)20-17(23)10-13-11-22(21-18(13)24)14-6-3-2-4-7-14/h2-9,13H,10-11H2,1H3,(H,20,23)(H,21,24). The monoisotopic (exact) mass is 343 g/mol. The van der Waals surface area contributed by atoms with Gasteiger partial charge in [-0.3, -0.25) is 20.0 Å². The molecule has 0 aliphatic carbocycles. The Bertz CT molecular complexity index is 764. The van der Waals surface area contributed by atoms with Crippen LogP contribution in [-0.2, 0) is 9.59 Å². The molecule has 1 saturated heterocycles. The van der Waals surface area contributed by atoms with E-state index in [9.17, 15) is 9.59 Å². The lowest BCUT2D eigenvalue weighted by molar-refractivity contribution is -0.126. The van der Waals surface area contributed by atoms with Crippen molar-refractivity contribution in [3.05, 3.63) is 59.1 Å². The molecule has 1 aliphatic rings. The highest BCUT2D eigenvalue weighted by atomic mass is 35.5. The second-order valence-electron chi connectivity index (χ2n) is 5.78. The first-order valence-corrected chi connectivity index (χ1v) is 8.10. The Hall–Kier alpha value is -2.53. The van der Waals surface area contributed by atoms with Gasteiger partial charge in [0.15, 0.2) is 0 Å². The minimum absolute atomic E-state index is 0.126. The number of anilines is 2. The van der Waals surface area contributed by atoms with E-state index in [1.807, 2.05) is 37.3 Å². The van der Waals surface area contributed by atoms with Crippen LogP contribution in [0.2, 0.25) is 5.02 Å². The zero-order valence-electron chi connectivity index (χ0n) is 13.3. The Labute approximate surface area is 145 Å². The van der Waals surface area contributed by atoms with E-state index in [0.29, 0.717) is 17.3 Å². The van der Waals surface area contributed by atoms with E-state index in [4.69, 9.17) is 11.6 Å². The predicted molar refractivity (Wildman–Crippen MR) is 94.9 cm³/mol. The lowest BCUT2D eigenvalue weighted by Gasteiger charge is -2.17. The van der Waals surface area contributed by atoms with Crippen molar-refractivity contribution in [3.8, 4) is 0 Å². The highest BCUT2D eigenvalue weighted by Gasteiger charge is 2.32. The average molecular weight is 344 g/mol. The molecule has 0 saturated carbocycles. The van der Waals surface area contributed by atoms with Gasteiger partial charge in [0.05, 0.1) is 18.2 Å². The van der Waals surface area contributed by atoms with Gasteiger partial charge in [-0.1, -0.05) is 35.9 Å². The lowest BCUT2D eigenvalue weighted by atomic mass is 10.1. The second kappa shape index (κ2) is 6.93. The third-order valence-electron chi connectivity index (χ3n) is 4.06. The molecule has 3 rings (SSSR count). The fourth-order valence-corrected chi connectivity index (χ4v) is 2.85. The quantitative estimate of drug-likeness (QED) is 0.896. The summed E-state index contributed by atoms with van der Waals surface area (Å²) in [7, 11) is 0. The number of para-hydroxylation sites is 1. The molecule has 1 unspecified atom stereocenters. The van der Waals surface area contributed by atoms with Crippen molar-refractivity contribution in [2.24, 2.45) is 5.92 Å². The molecule has 5 nitrogen and oxygen atoms in total. The molecule has 2 aromatic carbocycles. The molecule has 2 N–H and O–H groups in total. The maximum atomic E-state index is 12.3. The number of hydrogen-bond acceptors (Lipinski definition) is 3. The molecule has 0 bridgehead atoms. The minimum atomic E-state index is -0.385. The largest absolute Gasteiger partial charge is 0.326 e. The van der Waals surface area contributed by atoms with Crippen LogP contribution in [0.4, 0.5) is 11.4 Å². The van der Waals surface area contributed by atoms with Crippen molar-refractivity contribution in [2.45, 2.75) is 13.3 Å². The van der Waals surface area contributed by atoms with Crippen LogP contribution in [0, 0.1) is 12.8 Å². The van der Waals surface area contributed by atoms with E-state index in [2.05, 4.69) is 10.7 Å². The van der Waals surface area contributed by atoms with Gasteiger partial charge in [0.25, 0.3) is 0 Å². The van der Waals surface area contributed by atoms with Gasteiger partial charge in [-0.05, 0) is 36.8 Å². The SMILES string of the molecule is Cc1c(Cl)cccc1NC(=O)CC1CN(c2ccccc2)NC1=O. The van der Waals surface area contributed by atoms with Crippen LogP contribution in [-0.4, -0.2) is 18.4 Å². The number of nitrogens with zero attached hydrogens (tertiary/aromatic N) is 1. The third-order valence-corrected chi connectivity index (χ3v) is 4.47. The molecule has 1 aliphatic heterocycles. The zero-order chi connectivity index (χ0) is 17.1. The second-order valence-corrected chi connectivity index (χ2v) is 6.19. The van der Waals surface area contributed by atoms with Crippen LogP contribution in [0.3, 0.4) is 0 Å². The Kier molecular flexibility index (Phi) is 4.71. The van der Waals surface area contributed by atoms with Crippen molar-refractivity contribution in [1.29, 1.82) is 0 Å². The summed E-state index contributed by atoms with van der Waals surface area (Å²) < 4.78 is 0. The Balaban J connectivity index is 1.62. The summed E-state index contributed by atoms with van der Waals surface area (Å²) in [6.45, 7) is 2.31. The zero-order valence-corrected chi connectivity index (χ0v) is 14.0. The van der Waals surface area contributed by atoms with Gasteiger partial charge in [-0.2, -0.15) is 0 Å². The van der Waals surface area contributed by atoms with E-state index < -0.39 is 0 Å². The van der Waals surface area contributed by atoms with Gasteiger partial charge in [0.1, 0.15) is 0 Å².